The zero-order chi connectivity index (χ0) is 24.8. The predicted octanol–water partition coefficient (Wildman–Crippen LogP) is 3.24. The molecule has 0 spiro atoms. The van der Waals surface area contributed by atoms with Crippen molar-refractivity contribution >= 4 is 22.4 Å². The molecule has 0 aliphatic heterocycles. The summed E-state index contributed by atoms with van der Waals surface area (Å²) in [6, 6.07) is 12.8. The lowest BCUT2D eigenvalue weighted by atomic mass is 10.1. The van der Waals surface area contributed by atoms with Crippen molar-refractivity contribution in [2.24, 2.45) is 0 Å². The Morgan fingerprint density at radius 2 is 1.80 bits per heavy atom. The topological polar surface area (TPSA) is 92.0 Å². The standard InChI is InChI=1S/C26H27N3O5S/c1-4-5-6-13-34-21-12-9-18(15-22(21)33-3)16-23-25(31)29-26(35-23)27-24(30)20(28-29)14-17-7-10-19(32-2)11-8-17/h7-12,15-16H,4-6,13-14H2,1-3H3/b23-16+. The second-order valence-corrected chi connectivity index (χ2v) is 8.97. The third-order valence-electron chi connectivity index (χ3n) is 5.47. The minimum absolute atomic E-state index is 0.209. The third kappa shape index (κ3) is 5.68. The van der Waals surface area contributed by atoms with Crippen LogP contribution in [0.2, 0.25) is 0 Å². The average molecular weight is 494 g/mol. The maximum Gasteiger partial charge on any atom is 0.296 e. The Hall–Kier alpha value is -3.72. The Labute approximate surface area is 206 Å². The van der Waals surface area contributed by atoms with Gasteiger partial charge in [-0.15, -0.1) is 0 Å². The van der Waals surface area contributed by atoms with Crippen LogP contribution in [0.25, 0.3) is 11.0 Å². The van der Waals surface area contributed by atoms with Crippen molar-refractivity contribution in [1.29, 1.82) is 0 Å². The van der Waals surface area contributed by atoms with Gasteiger partial charge in [0.15, 0.2) is 11.5 Å². The lowest BCUT2D eigenvalue weighted by Gasteiger charge is -2.11. The quantitative estimate of drug-likeness (QED) is 0.313. The van der Waals surface area contributed by atoms with Crippen LogP contribution < -0.4 is 29.9 Å². The number of hydrogen-bond donors (Lipinski definition) is 0. The van der Waals surface area contributed by atoms with Crippen LogP contribution in [0.3, 0.4) is 0 Å². The van der Waals surface area contributed by atoms with E-state index in [9.17, 15) is 9.59 Å². The van der Waals surface area contributed by atoms with E-state index in [1.54, 1.807) is 20.3 Å². The molecule has 2 heterocycles. The molecule has 0 amide bonds. The summed E-state index contributed by atoms with van der Waals surface area (Å²) in [6.07, 6.45) is 5.22. The molecule has 35 heavy (non-hydrogen) atoms. The highest BCUT2D eigenvalue weighted by Crippen LogP contribution is 2.28. The van der Waals surface area contributed by atoms with Gasteiger partial charge in [-0.25, -0.2) is 0 Å². The first-order valence-electron chi connectivity index (χ1n) is 11.4. The summed E-state index contributed by atoms with van der Waals surface area (Å²) < 4.78 is 18.1. The van der Waals surface area contributed by atoms with Gasteiger partial charge in [-0.3, -0.25) is 9.59 Å². The van der Waals surface area contributed by atoms with Gasteiger partial charge in [0.1, 0.15) is 11.4 Å². The van der Waals surface area contributed by atoms with Gasteiger partial charge in [0.25, 0.3) is 11.1 Å². The van der Waals surface area contributed by atoms with Gasteiger partial charge in [0.05, 0.1) is 25.4 Å². The summed E-state index contributed by atoms with van der Waals surface area (Å²) >= 11 is 1.12. The monoisotopic (exact) mass is 493 g/mol. The van der Waals surface area contributed by atoms with Crippen molar-refractivity contribution in [3.05, 3.63) is 84.5 Å². The summed E-state index contributed by atoms with van der Waals surface area (Å²) in [5.41, 5.74) is 1.08. The van der Waals surface area contributed by atoms with Crippen LogP contribution in [0, 0.1) is 0 Å². The van der Waals surface area contributed by atoms with E-state index in [4.69, 9.17) is 14.2 Å². The van der Waals surface area contributed by atoms with E-state index in [2.05, 4.69) is 17.0 Å². The summed E-state index contributed by atoms with van der Waals surface area (Å²) in [7, 11) is 3.18. The molecule has 8 nitrogen and oxygen atoms in total. The van der Waals surface area contributed by atoms with Crippen LogP contribution >= 0.6 is 11.3 Å². The molecule has 182 valence electrons. The fourth-order valence-corrected chi connectivity index (χ4v) is 4.47. The van der Waals surface area contributed by atoms with Gasteiger partial charge in [-0.05, 0) is 47.9 Å². The molecule has 2 aromatic carbocycles. The Morgan fingerprint density at radius 1 is 1.00 bits per heavy atom. The smallest absolute Gasteiger partial charge is 0.296 e. The van der Waals surface area contributed by atoms with Gasteiger partial charge in [-0.2, -0.15) is 14.6 Å². The van der Waals surface area contributed by atoms with E-state index in [0.717, 1.165) is 47.5 Å². The first kappa shape index (κ1) is 24.4. The van der Waals surface area contributed by atoms with Crippen molar-refractivity contribution in [2.75, 3.05) is 20.8 Å². The number of thiazole rings is 1. The highest BCUT2D eigenvalue weighted by Gasteiger charge is 2.12. The molecule has 0 saturated heterocycles. The van der Waals surface area contributed by atoms with Crippen LogP contribution in [0.5, 0.6) is 17.2 Å². The van der Waals surface area contributed by atoms with Crippen LogP contribution in [-0.4, -0.2) is 35.4 Å². The van der Waals surface area contributed by atoms with Crippen LogP contribution in [-0.2, 0) is 6.42 Å². The van der Waals surface area contributed by atoms with Crippen LogP contribution in [0.4, 0.5) is 0 Å². The number of ether oxygens (including phenoxy) is 3. The maximum atomic E-state index is 13.0. The molecular weight excluding hydrogens is 466 g/mol. The van der Waals surface area contributed by atoms with Crippen molar-refractivity contribution in [3.8, 4) is 17.2 Å². The number of fused-ring (bicyclic) bond motifs is 1. The second-order valence-electron chi connectivity index (χ2n) is 7.96. The molecule has 9 heteroatoms. The summed E-state index contributed by atoms with van der Waals surface area (Å²) in [6.45, 7) is 2.77. The number of rotatable bonds is 10. The fraction of sp³-hybridized carbons (Fsp3) is 0.308. The van der Waals surface area contributed by atoms with Crippen LogP contribution in [0.1, 0.15) is 43.0 Å². The van der Waals surface area contributed by atoms with E-state index in [1.807, 2.05) is 42.5 Å². The fourth-order valence-electron chi connectivity index (χ4n) is 3.57. The molecule has 0 aliphatic rings. The minimum Gasteiger partial charge on any atom is -0.497 e. The number of benzene rings is 2. The highest BCUT2D eigenvalue weighted by molar-refractivity contribution is 7.15. The zero-order valence-electron chi connectivity index (χ0n) is 19.9. The Bertz CT molecular complexity index is 1480. The number of methoxy groups -OCH3 is 2. The normalized spacial score (nSPS) is 11.7. The second kappa shape index (κ2) is 11.1. The van der Waals surface area contributed by atoms with Crippen molar-refractivity contribution in [3.63, 3.8) is 0 Å². The molecule has 0 bridgehead atoms. The van der Waals surface area contributed by atoms with Gasteiger partial charge in [-0.1, -0.05) is 49.3 Å². The summed E-state index contributed by atoms with van der Waals surface area (Å²) in [4.78, 5) is 29.9. The van der Waals surface area contributed by atoms with E-state index >= 15 is 0 Å². The largest absolute Gasteiger partial charge is 0.497 e. The molecule has 0 saturated carbocycles. The summed E-state index contributed by atoms with van der Waals surface area (Å²) in [5, 5.41) is 4.31. The number of unbranched alkanes of at least 4 members (excludes halogenated alkanes) is 2. The SMILES string of the molecule is CCCCCOc1ccc(/C=c2/sc3nc(=O)c(Cc4ccc(OC)cc4)nn3c2=O)cc1OC. The predicted molar refractivity (Wildman–Crippen MR) is 136 cm³/mol. The van der Waals surface area contributed by atoms with Gasteiger partial charge >= 0.3 is 0 Å². The van der Waals surface area contributed by atoms with Gasteiger partial charge in [0, 0.05) is 6.42 Å². The average Bonchev–Trinajstić information content (AvgIpc) is 3.16. The van der Waals surface area contributed by atoms with Gasteiger partial charge < -0.3 is 14.2 Å². The lowest BCUT2D eigenvalue weighted by Crippen LogP contribution is -2.28. The van der Waals surface area contributed by atoms with E-state index in [1.165, 1.54) is 4.52 Å². The molecule has 4 rings (SSSR count). The van der Waals surface area contributed by atoms with E-state index < -0.39 is 5.56 Å². The molecule has 0 fully saturated rings. The molecule has 0 aliphatic carbocycles. The van der Waals surface area contributed by atoms with E-state index in [0.29, 0.717) is 22.6 Å². The number of nitrogens with zero attached hydrogens (tertiary/aromatic N) is 3. The molecular formula is C26H27N3O5S. The van der Waals surface area contributed by atoms with Crippen molar-refractivity contribution in [2.45, 2.75) is 32.6 Å². The van der Waals surface area contributed by atoms with Crippen LogP contribution in [0.15, 0.2) is 52.1 Å². The highest BCUT2D eigenvalue weighted by atomic mass is 32.1. The number of hydrogen-bond acceptors (Lipinski definition) is 8. The molecule has 0 unspecified atom stereocenters. The first-order chi connectivity index (χ1) is 17.0. The third-order valence-corrected chi connectivity index (χ3v) is 6.43. The lowest BCUT2D eigenvalue weighted by molar-refractivity contribution is 0.286. The number of aromatic nitrogens is 3. The molecule has 0 atom stereocenters. The summed E-state index contributed by atoms with van der Waals surface area (Å²) in [5.74, 6) is 1.98. The maximum absolute atomic E-state index is 13.0. The first-order valence-corrected chi connectivity index (χ1v) is 12.2. The zero-order valence-corrected chi connectivity index (χ0v) is 20.8. The Kier molecular flexibility index (Phi) is 7.77. The van der Waals surface area contributed by atoms with Crippen molar-refractivity contribution in [1.82, 2.24) is 14.6 Å². The van der Waals surface area contributed by atoms with Crippen molar-refractivity contribution < 1.29 is 14.2 Å². The van der Waals surface area contributed by atoms with E-state index in [-0.39, 0.29) is 22.6 Å². The molecule has 2 aromatic heterocycles. The molecule has 0 N–H and O–H groups in total. The Morgan fingerprint density at radius 3 is 2.51 bits per heavy atom. The molecule has 0 radical (unpaired) electrons. The van der Waals surface area contributed by atoms with Gasteiger partial charge in [0.2, 0.25) is 4.96 Å². The minimum atomic E-state index is -0.445. The molecule has 4 aromatic rings. The Balaban J connectivity index is 1.63.